The molecule has 0 fully saturated rings. The number of nitrogens with zero attached hydrogens (tertiary/aromatic N) is 1. The molecule has 2 aromatic rings. The number of nitrogens with one attached hydrogen (secondary N) is 3. The van der Waals surface area contributed by atoms with E-state index >= 15 is 0 Å². The number of likely N-dealkylation sites (N-methyl/N-ethyl adjacent to an activating group) is 1. The minimum atomic E-state index is 0.859. The number of anilines is 1. The molecule has 0 spiro atoms. The van der Waals surface area contributed by atoms with E-state index in [1.54, 1.807) is 0 Å². The van der Waals surface area contributed by atoms with Gasteiger partial charge in [0.1, 0.15) is 0 Å². The van der Waals surface area contributed by atoms with Crippen LogP contribution < -0.4 is 10.2 Å². The second kappa shape index (κ2) is 4.31. The molecule has 3 N–H and O–H groups in total. The SMILES string of the molecule is C[NH+](C)CCNc1nc2ccccc2[nH]1. The largest absolute Gasteiger partial charge is 0.350 e. The van der Waals surface area contributed by atoms with E-state index < -0.39 is 0 Å². The lowest BCUT2D eigenvalue weighted by molar-refractivity contribution is -0.856. The lowest BCUT2D eigenvalue weighted by Crippen LogP contribution is -3.06. The summed E-state index contributed by atoms with van der Waals surface area (Å²) in [4.78, 5) is 9.10. The number of hydrogen-bond acceptors (Lipinski definition) is 2. The number of aromatic amines is 1. The van der Waals surface area contributed by atoms with Crippen molar-refractivity contribution in [2.24, 2.45) is 0 Å². The second-order valence-electron chi connectivity index (χ2n) is 3.99. The number of quaternary nitrogens is 1. The summed E-state index contributed by atoms with van der Waals surface area (Å²) in [5, 5.41) is 3.28. The van der Waals surface area contributed by atoms with Crippen LogP contribution >= 0.6 is 0 Å². The highest BCUT2D eigenvalue weighted by Gasteiger charge is 2.01. The number of imidazole rings is 1. The first-order valence-electron chi connectivity index (χ1n) is 5.23. The molecule has 2 rings (SSSR count). The molecule has 0 saturated heterocycles. The molecule has 0 bridgehead atoms. The smallest absolute Gasteiger partial charge is 0.201 e. The number of aromatic nitrogens is 2. The molecule has 0 aliphatic heterocycles. The molecule has 0 aliphatic carbocycles. The molecule has 0 saturated carbocycles. The molecule has 1 aromatic heterocycles. The average Bonchev–Trinajstić information content (AvgIpc) is 2.59. The molecule has 0 unspecified atom stereocenters. The van der Waals surface area contributed by atoms with Crippen molar-refractivity contribution >= 4 is 17.0 Å². The van der Waals surface area contributed by atoms with Gasteiger partial charge in [-0.25, -0.2) is 4.98 Å². The van der Waals surface area contributed by atoms with Crippen LogP contribution in [0.2, 0.25) is 0 Å². The molecule has 15 heavy (non-hydrogen) atoms. The lowest BCUT2D eigenvalue weighted by atomic mass is 10.3. The summed E-state index contributed by atoms with van der Waals surface area (Å²) in [6.07, 6.45) is 0. The van der Waals surface area contributed by atoms with Gasteiger partial charge < -0.3 is 15.2 Å². The van der Waals surface area contributed by atoms with Crippen LogP contribution in [0.25, 0.3) is 11.0 Å². The van der Waals surface area contributed by atoms with E-state index in [4.69, 9.17) is 0 Å². The van der Waals surface area contributed by atoms with Crippen LogP contribution in [-0.2, 0) is 0 Å². The standard InChI is InChI=1S/C11H16N4/c1-15(2)8-7-12-11-13-9-5-3-4-6-10(9)14-11/h3-6H,7-8H2,1-2H3,(H2,12,13,14)/p+1. The topological polar surface area (TPSA) is 45.1 Å². The number of para-hydroxylation sites is 2. The fourth-order valence-corrected chi connectivity index (χ4v) is 1.47. The highest BCUT2D eigenvalue weighted by molar-refractivity contribution is 5.77. The number of hydrogen-bond donors (Lipinski definition) is 3. The molecule has 1 aromatic carbocycles. The Kier molecular flexibility index (Phi) is 2.87. The Morgan fingerprint density at radius 3 is 2.87 bits per heavy atom. The molecule has 0 radical (unpaired) electrons. The van der Waals surface area contributed by atoms with E-state index in [2.05, 4.69) is 29.4 Å². The van der Waals surface area contributed by atoms with Crippen LogP contribution in [0.3, 0.4) is 0 Å². The maximum atomic E-state index is 4.43. The summed E-state index contributed by atoms with van der Waals surface area (Å²) in [7, 11) is 4.28. The Labute approximate surface area is 89.3 Å². The quantitative estimate of drug-likeness (QED) is 0.664. The first kappa shape index (κ1) is 9.98. The van der Waals surface area contributed by atoms with Crippen molar-refractivity contribution in [3.05, 3.63) is 24.3 Å². The highest BCUT2D eigenvalue weighted by Crippen LogP contribution is 2.12. The van der Waals surface area contributed by atoms with Gasteiger partial charge in [-0.05, 0) is 12.1 Å². The highest BCUT2D eigenvalue weighted by atomic mass is 15.1. The zero-order valence-corrected chi connectivity index (χ0v) is 9.17. The minimum Gasteiger partial charge on any atom is -0.350 e. The Morgan fingerprint density at radius 1 is 1.33 bits per heavy atom. The van der Waals surface area contributed by atoms with Crippen molar-refractivity contribution in [2.45, 2.75) is 0 Å². The van der Waals surface area contributed by atoms with E-state index in [0.717, 1.165) is 30.1 Å². The van der Waals surface area contributed by atoms with Crippen molar-refractivity contribution in [1.29, 1.82) is 0 Å². The van der Waals surface area contributed by atoms with Crippen molar-refractivity contribution in [2.75, 3.05) is 32.5 Å². The molecule has 4 heteroatoms. The molecular formula is C11H17N4+. The summed E-state index contributed by atoms with van der Waals surface area (Å²) in [5.74, 6) is 0.859. The third-order valence-corrected chi connectivity index (χ3v) is 2.31. The van der Waals surface area contributed by atoms with Gasteiger partial charge in [0.05, 0.1) is 38.2 Å². The van der Waals surface area contributed by atoms with E-state index in [0.29, 0.717) is 0 Å². The summed E-state index contributed by atoms with van der Waals surface area (Å²) in [5.41, 5.74) is 2.09. The van der Waals surface area contributed by atoms with Crippen molar-refractivity contribution in [3.8, 4) is 0 Å². The molecule has 0 atom stereocenters. The van der Waals surface area contributed by atoms with E-state index in [9.17, 15) is 0 Å². The van der Waals surface area contributed by atoms with Gasteiger partial charge in [0, 0.05) is 0 Å². The van der Waals surface area contributed by atoms with Gasteiger partial charge in [-0.1, -0.05) is 12.1 Å². The van der Waals surface area contributed by atoms with Crippen molar-refractivity contribution < 1.29 is 4.90 Å². The maximum Gasteiger partial charge on any atom is 0.201 e. The average molecular weight is 205 g/mol. The van der Waals surface area contributed by atoms with Crippen LogP contribution in [0.1, 0.15) is 0 Å². The first-order chi connectivity index (χ1) is 7.25. The Bertz CT molecular complexity index is 400. The van der Waals surface area contributed by atoms with Gasteiger partial charge in [-0.3, -0.25) is 0 Å². The third-order valence-electron chi connectivity index (χ3n) is 2.31. The molecule has 80 valence electrons. The first-order valence-corrected chi connectivity index (χ1v) is 5.23. The van der Waals surface area contributed by atoms with Crippen LogP contribution in [0.15, 0.2) is 24.3 Å². The zero-order valence-electron chi connectivity index (χ0n) is 9.17. The Hall–Kier alpha value is -1.55. The van der Waals surface area contributed by atoms with Crippen molar-refractivity contribution in [1.82, 2.24) is 9.97 Å². The minimum absolute atomic E-state index is 0.859. The zero-order chi connectivity index (χ0) is 10.7. The van der Waals surface area contributed by atoms with Gasteiger partial charge in [-0.2, -0.15) is 0 Å². The van der Waals surface area contributed by atoms with E-state index in [1.165, 1.54) is 4.90 Å². The summed E-state index contributed by atoms with van der Waals surface area (Å²) < 4.78 is 0. The van der Waals surface area contributed by atoms with Crippen LogP contribution in [-0.4, -0.2) is 37.2 Å². The van der Waals surface area contributed by atoms with E-state index in [-0.39, 0.29) is 0 Å². The predicted octanol–water partition coefficient (Wildman–Crippen LogP) is 0.119. The normalized spacial score (nSPS) is 11.1. The fraction of sp³-hybridized carbons (Fsp3) is 0.364. The van der Waals surface area contributed by atoms with Gasteiger partial charge in [0.25, 0.3) is 0 Å². The predicted molar refractivity (Wildman–Crippen MR) is 62.3 cm³/mol. The molecule has 0 amide bonds. The van der Waals surface area contributed by atoms with Crippen LogP contribution in [0, 0.1) is 0 Å². The fourth-order valence-electron chi connectivity index (χ4n) is 1.47. The van der Waals surface area contributed by atoms with Crippen molar-refractivity contribution in [3.63, 3.8) is 0 Å². The van der Waals surface area contributed by atoms with Crippen LogP contribution in [0.5, 0.6) is 0 Å². The summed E-state index contributed by atoms with van der Waals surface area (Å²) >= 11 is 0. The van der Waals surface area contributed by atoms with E-state index in [1.807, 2.05) is 24.3 Å². The third kappa shape index (κ3) is 2.47. The van der Waals surface area contributed by atoms with Gasteiger partial charge in [-0.15, -0.1) is 0 Å². The number of H-pyrrole nitrogens is 1. The Balaban J connectivity index is 2.03. The molecule has 4 nitrogen and oxygen atoms in total. The number of rotatable bonds is 4. The van der Waals surface area contributed by atoms with Gasteiger partial charge in [0.15, 0.2) is 0 Å². The number of benzene rings is 1. The molecule has 0 aliphatic rings. The van der Waals surface area contributed by atoms with Gasteiger partial charge in [0.2, 0.25) is 5.95 Å². The second-order valence-corrected chi connectivity index (χ2v) is 3.99. The van der Waals surface area contributed by atoms with Crippen LogP contribution in [0.4, 0.5) is 5.95 Å². The number of fused-ring (bicyclic) bond motifs is 1. The maximum absolute atomic E-state index is 4.43. The lowest BCUT2D eigenvalue weighted by Gasteiger charge is -2.06. The monoisotopic (exact) mass is 205 g/mol. The van der Waals surface area contributed by atoms with Gasteiger partial charge >= 0.3 is 0 Å². The summed E-state index contributed by atoms with van der Waals surface area (Å²) in [6, 6.07) is 8.05. The molecule has 1 heterocycles. The summed E-state index contributed by atoms with van der Waals surface area (Å²) in [6.45, 7) is 2.01. The Morgan fingerprint density at radius 2 is 2.13 bits per heavy atom. The molecular weight excluding hydrogens is 188 g/mol.